The van der Waals surface area contributed by atoms with E-state index in [1.807, 2.05) is 24.3 Å². The number of rotatable bonds is 3. The van der Waals surface area contributed by atoms with Crippen molar-refractivity contribution in [2.75, 3.05) is 11.1 Å². The average Bonchev–Trinajstić information content (AvgIpc) is 2.45. The fourth-order valence-electron chi connectivity index (χ4n) is 1.82. The largest absolute Gasteiger partial charge is 0.481 e. The predicted octanol–water partition coefficient (Wildman–Crippen LogP) is 1.76. The molecule has 0 fully saturated rings. The van der Waals surface area contributed by atoms with Gasteiger partial charge in [0.05, 0.1) is 11.0 Å². The van der Waals surface area contributed by atoms with Crippen molar-refractivity contribution in [3.63, 3.8) is 0 Å². The van der Waals surface area contributed by atoms with E-state index in [1.54, 1.807) is 0 Å². The number of hydrogen-bond donors (Lipinski definition) is 2. The molecule has 0 aliphatic carbocycles. The summed E-state index contributed by atoms with van der Waals surface area (Å²) < 4.78 is 0. The Labute approximate surface area is 103 Å². The van der Waals surface area contributed by atoms with Crippen molar-refractivity contribution < 1.29 is 14.7 Å². The third-order valence-electron chi connectivity index (χ3n) is 2.65. The molecule has 1 aliphatic heterocycles. The Balaban J connectivity index is 2.07. The number of amides is 1. The van der Waals surface area contributed by atoms with Gasteiger partial charge in [-0.25, -0.2) is 0 Å². The number of carboxylic acid groups (broad SMARTS) is 1. The molecule has 0 saturated carbocycles. The van der Waals surface area contributed by atoms with Crippen LogP contribution in [0.4, 0.5) is 5.69 Å². The Hall–Kier alpha value is -1.49. The van der Waals surface area contributed by atoms with E-state index >= 15 is 0 Å². The van der Waals surface area contributed by atoms with Crippen LogP contribution in [0.2, 0.25) is 0 Å². The molecule has 17 heavy (non-hydrogen) atoms. The lowest BCUT2D eigenvalue weighted by molar-refractivity contribution is -0.133. The van der Waals surface area contributed by atoms with Crippen LogP contribution >= 0.6 is 11.8 Å². The summed E-state index contributed by atoms with van der Waals surface area (Å²) in [6.45, 7) is 0. The molecule has 1 aromatic carbocycles. The molecular weight excluding hydrogens is 238 g/mol. The Bertz CT molecular complexity index is 447. The molecule has 0 saturated heterocycles. The van der Waals surface area contributed by atoms with Gasteiger partial charge in [0.15, 0.2) is 0 Å². The highest BCUT2D eigenvalue weighted by Crippen LogP contribution is 2.26. The van der Waals surface area contributed by atoms with Crippen LogP contribution in [0.3, 0.4) is 0 Å². The Kier molecular flexibility index (Phi) is 3.68. The molecule has 1 heterocycles. The predicted molar refractivity (Wildman–Crippen MR) is 67.3 cm³/mol. The second-order valence-corrected chi connectivity index (χ2v) is 5.07. The van der Waals surface area contributed by atoms with Gasteiger partial charge in [0.25, 0.3) is 0 Å². The van der Waals surface area contributed by atoms with Gasteiger partial charge >= 0.3 is 5.97 Å². The van der Waals surface area contributed by atoms with Crippen LogP contribution in [-0.2, 0) is 16.0 Å². The minimum Gasteiger partial charge on any atom is -0.481 e. The summed E-state index contributed by atoms with van der Waals surface area (Å²) in [7, 11) is 0. The van der Waals surface area contributed by atoms with Gasteiger partial charge in [-0.05, 0) is 24.5 Å². The first kappa shape index (κ1) is 12.0. The number of carbonyl (C=O) groups excluding carboxylic acids is 1. The number of para-hydroxylation sites is 1. The van der Waals surface area contributed by atoms with E-state index in [-0.39, 0.29) is 16.9 Å². The highest BCUT2D eigenvalue weighted by atomic mass is 32.2. The molecule has 2 rings (SSSR count). The zero-order valence-corrected chi connectivity index (χ0v) is 10.00. The van der Waals surface area contributed by atoms with Crippen molar-refractivity contribution >= 4 is 29.3 Å². The summed E-state index contributed by atoms with van der Waals surface area (Å²) in [5.74, 6) is -1.01. The molecule has 1 aliphatic rings. The van der Waals surface area contributed by atoms with E-state index in [1.165, 1.54) is 11.8 Å². The number of benzene rings is 1. The number of aliphatic carboxylic acids is 1. The van der Waals surface area contributed by atoms with Crippen molar-refractivity contribution in [3.05, 3.63) is 29.8 Å². The highest BCUT2D eigenvalue weighted by molar-refractivity contribution is 8.01. The maximum atomic E-state index is 11.9. The van der Waals surface area contributed by atoms with Crippen molar-refractivity contribution in [3.8, 4) is 0 Å². The van der Waals surface area contributed by atoms with E-state index in [0.29, 0.717) is 6.42 Å². The molecule has 1 aromatic rings. The number of nitrogens with one attached hydrogen (secondary N) is 1. The Morgan fingerprint density at radius 3 is 3.00 bits per heavy atom. The molecule has 2 N–H and O–H groups in total. The third kappa shape index (κ3) is 3.00. The fourth-order valence-corrected chi connectivity index (χ4v) is 2.66. The molecule has 0 radical (unpaired) electrons. The number of aryl methyl sites for hydroxylation is 1. The first-order valence-electron chi connectivity index (χ1n) is 5.39. The quantitative estimate of drug-likeness (QED) is 0.859. The summed E-state index contributed by atoms with van der Waals surface area (Å²) in [4.78, 5) is 22.4. The van der Waals surface area contributed by atoms with Crippen LogP contribution in [0.5, 0.6) is 0 Å². The van der Waals surface area contributed by atoms with Crippen molar-refractivity contribution in [2.24, 2.45) is 0 Å². The lowest BCUT2D eigenvalue weighted by Gasteiger charge is -2.10. The summed E-state index contributed by atoms with van der Waals surface area (Å²) >= 11 is 1.19. The van der Waals surface area contributed by atoms with E-state index in [4.69, 9.17) is 5.11 Å². The topological polar surface area (TPSA) is 66.4 Å². The molecule has 5 heteroatoms. The molecule has 4 nitrogen and oxygen atoms in total. The first-order valence-corrected chi connectivity index (χ1v) is 6.44. The number of carbonyl (C=O) groups is 2. The first-order chi connectivity index (χ1) is 8.16. The van der Waals surface area contributed by atoms with Gasteiger partial charge in [0.2, 0.25) is 5.91 Å². The van der Waals surface area contributed by atoms with Crippen LogP contribution in [0.15, 0.2) is 24.3 Å². The van der Waals surface area contributed by atoms with E-state index in [2.05, 4.69) is 5.32 Å². The molecule has 1 amide bonds. The standard InChI is InChI=1S/C12H13NO3S/c14-11(15)7-17-10-6-5-8-3-1-2-4-9(8)13-12(10)16/h1-4,10H,5-7H2,(H,13,16)(H,14,15). The number of hydrogen-bond acceptors (Lipinski definition) is 3. The number of anilines is 1. The molecule has 1 unspecified atom stereocenters. The lowest BCUT2D eigenvalue weighted by Crippen LogP contribution is -2.24. The average molecular weight is 251 g/mol. The third-order valence-corrected chi connectivity index (χ3v) is 3.92. The number of carboxylic acids is 1. The van der Waals surface area contributed by atoms with E-state index < -0.39 is 5.97 Å². The smallest absolute Gasteiger partial charge is 0.313 e. The molecular formula is C12H13NO3S. The number of fused-ring (bicyclic) bond motifs is 1. The fraction of sp³-hybridized carbons (Fsp3) is 0.333. The molecule has 0 aromatic heterocycles. The Morgan fingerprint density at radius 2 is 2.24 bits per heavy atom. The number of thioether (sulfide) groups is 1. The molecule has 1 atom stereocenters. The molecule has 90 valence electrons. The van der Waals surface area contributed by atoms with Crippen LogP contribution in [-0.4, -0.2) is 28.0 Å². The summed E-state index contributed by atoms with van der Waals surface area (Å²) in [5, 5.41) is 11.2. The van der Waals surface area contributed by atoms with Crippen LogP contribution in [0, 0.1) is 0 Å². The zero-order valence-electron chi connectivity index (χ0n) is 9.18. The Morgan fingerprint density at radius 1 is 1.47 bits per heavy atom. The normalized spacial score (nSPS) is 19.1. The summed E-state index contributed by atoms with van der Waals surface area (Å²) in [6.07, 6.45) is 1.48. The monoisotopic (exact) mass is 251 g/mol. The lowest BCUT2D eigenvalue weighted by atomic mass is 10.1. The van der Waals surface area contributed by atoms with Gasteiger partial charge in [-0.15, -0.1) is 11.8 Å². The SMILES string of the molecule is O=C(O)CSC1CCc2ccccc2NC1=O. The summed E-state index contributed by atoms with van der Waals surface area (Å²) in [6, 6.07) is 7.68. The van der Waals surface area contributed by atoms with Gasteiger partial charge in [-0.3, -0.25) is 9.59 Å². The second-order valence-electron chi connectivity index (χ2n) is 3.88. The summed E-state index contributed by atoms with van der Waals surface area (Å²) in [5.41, 5.74) is 1.95. The van der Waals surface area contributed by atoms with Crippen molar-refractivity contribution in [1.29, 1.82) is 0 Å². The molecule has 0 bridgehead atoms. The zero-order chi connectivity index (χ0) is 12.3. The highest BCUT2D eigenvalue weighted by Gasteiger charge is 2.24. The minimum atomic E-state index is -0.885. The second kappa shape index (κ2) is 5.23. The van der Waals surface area contributed by atoms with Crippen LogP contribution < -0.4 is 5.32 Å². The van der Waals surface area contributed by atoms with Gasteiger partial charge in [0, 0.05) is 5.69 Å². The maximum Gasteiger partial charge on any atom is 0.313 e. The van der Waals surface area contributed by atoms with Gasteiger partial charge < -0.3 is 10.4 Å². The van der Waals surface area contributed by atoms with Gasteiger partial charge in [-0.1, -0.05) is 18.2 Å². The van der Waals surface area contributed by atoms with Crippen molar-refractivity contribution in [1.82, 2.24) is 0 Å². The van der Waals surface area contributed by atoms with Crippen molar-refractivity contribution in [2.45, 2.75) is 18.1 Å². The van der Waals surface area contributed by atoms with Crippen LogP contribution in [0.25, 0.3) is 0 Å². The molecule has 0 spiro atoms. The van der Waals surface area contributed by atoms with E-state index in [0.717, 1.165) is 17.7 Å². The maximum absolute atomic E-state index is 11.9. The van der Waals surface area contributed by atoms with E-state index in [9.17, 15) is 9.59 Å². The minimum absolute atomic E-state index is 0.0333. The van der Waals surface area contributed by atoms with Crippen LogP contribution in [0.1, 0.15) is 12.0 Å². The van der Waals surface area contributed by atoms with Gasteiger partial charge in [0.1, 0.15) is 0 Å². The van der Waals surface area contributed by atoms with Gasteiger partial charge in [-0.2, -0.15) is 0 Å².